The van der Waals surface area contributed by atoms with E-state index in [1.54, 1.807) is 6.92 Å². The average Bonchev–Trinajstić information content (AvgIpc) is 2.84. The highest BCUT2D eigenvalue weighted by molar-refractivity contribution is 6.00. The third kappa shape index (κ3) is 3.03. The second-order valence-electron chi connectivity index (χ2n) is 4.10. The number of carboxylic acids is 1. The fourth-order valence-corrected chi connectivity index (χ4v) is 1.78. The summed E-state index contributed by atoms with van der Waals surface area (Å²) in [4.78, 5) is 22.8. The molecule has 104 valence electrons. The normalized spacial score (nSPS) is 10.2. The number of carbonyl (C=O) groups is 2. The van der Waals surface area contributed by atoms with Crippen LogP contribution in [0, 0.1) is 0 Å². The zero-order valence-corrected chi connectivity index (χ0v) is 10.9. The van der Waals surface area contributed by atoms with Crippen molar-refractivity contribution in [1.82, 2.24) is 9.78 Å². The monoisotopic (exact) mass is 274 g/mol. The molecule has 0 unspecified atom stereocenters. The molecule has 1 aromatic heterocycles. The summed E-state index contributed by atoms with van der Waals surface area (Å²) in [6.07, 6.45) is 1.33. The molecule has 1 N–H and O–H groups in total. The fraction of sp³-hybridized carbons (Fsp3) is 0.214. The van der Waals surface area contributed by atoms with Crippen molar-refractivity contribution in [1.29, 1.82) is 0 Å². The van der Waals surface area contributed by atoms with Crippen LogP contribution in [-0.2, 0) is 11.3 Å². The first kappa shape index (κ1) is 13.8. The molecule has 20 heavy (non-hydrogen) atoms. The van der Waals surface area contributed by atoms with Gasteiger partial charge in [0.2, 0.25) is 0 Å². The molecule has 6 nitrogen and oxygen atoms in total. The summed E-state index contributed by atoms with van der Waals surface area (Å²) in [6, 6.07) is 9.43. The number of esters is 1. The maximum Gasteiger partial charge on any atom is 0.359 e. The number of aromatic carboxylic acids is 1. The molecular weight excluding hydrogens is 260 g/mol. The highest BCUT2D eigenvalue weighted by Gasteiger charge is 2.22. The van der Waals surface area contributed by atoms with Crippen molar-refractivity contribution in [2.24, 2.45) is 0 Å². The molecule has 2 rings (SSSR count). The first-order valence-corrected chi connectivity index (χ1v) is 6.13. The zero-order chi connectivity index (χ0) is 14.5. The molecule has 0 aliphatic heterocycles. The van der Waals surface area contributed by atoms with E-state index in [-0.39, 0.29) is 17.9 Å². The average molecular weight is 274 g/mol. The number of hydrogen-bond acceptors (Lipinski definition) is 4. The summed E-state index contributed by atoms with van der Waals surface area (Å²) in [5.74, 6) is -1.93. The topological polar surface area (TPSA) is 81.4 Å². The number of carboxylic acid groups (broad SMARTS) is 1. The summed E-state index contributed by atoms with van der Waals surface area (Å²) in [5, 5.41) is 13.1. The lowest BCUT2D eigenvalue weighted by atomic mass is 10.2. The lowest BCUT2D eigenvalue weighted by Crippen LogP contribution is -2.11. The largest absolute Gasteiger partial charge is 0.478 e. The van der Waals surface area contributed by atoms with Crippen LogP contribution in [0.2, 0.25) is 0 Å². The van der Waals surface area contributed by atoms with E-state index in [4.69, 9.17) is 9.84 Å². The maximum atomic E-state index is 11.7. The highest BCUT2D eigenvalue weighted by atomic mass is 16.5. The first-order chi connectivity index (χ1) is 9.61. The van der Waals surface area contributed by atoms with Gasteiger partial charge < -0.3 is 9.84 Å². The Morgan fingerprint density at radius 3 is 2.60 bits per heavy atom. The molecule has 1 aromatic carbocycles. The summed E-state index contributed by atoms with van der Waals surface area (Å²) in [5.41, 5.74) is 0.636. The summed E-state index contributed by atoms with van der Waals surface area (Å²) in [6.45, 7) is 2.21. The standard InChI is InChI=1S/C14H14N2O4/c1-2-20-14(19)12-11(13(17)18)9-16(15-12)8-10-6-4-3-5-7-10/h3-7,9H,2,8H2,1H3,(H,17,18). The van der Waals surface area contributed by atoms with E-state index >= 15 is 0 Å². The zero-order valence-electron chi connectivity index (χ0n) is 10.9. The van der Waals surface area contributed by atoms with Gasteiger partial charge >= 0.3 is 11.9 Å². The second-order valence-corrected chi connectivity index (χ2v) is 4.10. The Morgan fingerprint density at radius 1 is 1.30 bits per heavy atom. The summed E-state index contributed by atoms with van der Waals surface area (Å²) < 4.78 is 6.23. The van der Waals surface area contributed by atoms with Crippen LogP contribution < -0.4 is 0 Å². The van der Waals surface area contributed by atoms with Crippen LogP contribution in [-0.4, -0.2) is 33.4 Å². The molecule has 0 bridgehead atoms. The minimum absolute atomic E-state index is 0.153. The molecular formula is C14H14N2O4. The number of rotatable bonds is 5. The van der Waals surface area contributed by atoms with Gasteiger partial charge in [-0.1, -0.05) is 30.3 Å². The van der Waals surface area contributed by atoms with Gasteiger partial charge in [0.15, 0.2) is 5.69 Å². The predicted octanol–water partition coefficient (Wildman–Crippen LogP) is 1.81. The molecule has 0 radical (unpaired) electrons. The first-order valence-electron chi connectivity index (χ1n) is 6.13. The third-order valence-electron chi connectivity index (χ3n) is 2.65. The lowest BCUT2D eigenvalue weighted by Gasteiger charge is -2.01. The van der Waals surface area contributed by atoms with Gasteiger partial charge in [0.1, 0.15) is 5.56 Å². The van der Waals surface area contributed by atoms with Crippen LogP contribution in [0.4, 0.5) is 0 Å². The third-order valence-corrected chi connectivity index (χ3v) is 2.65. The number of ether oxygens (including phenoxy) is 1. The maximum absolute atomic E-state index is 11.7. The summed E-state index contributed by atoms with van der Waals surface area (Å²) >= 11 is 0. The van der Waals surface area contributed by atoms with Gasteiger partial charge in [0.25, 0.3) is 0 Å². The van der Waals surface area contributed by atoms with Crippen molar-refractivity contribution < 1.29 is 19.4 Å². The van der Waals surface area contributed by atoms with Crippen molar-refractivity contribution in [2.45, 2.75) is 13.5 Å². The molecule has 0 atom stereocenters. The van der Waals surface area contributed by atoms with Gasteiger partial charge in [-0.15, -0.1) is 0 Å². The Hall–Kier alpha value is -2.63. The van der Waals surface area contributed by atoms with Gasteiger partial charge in [0, 0.05) is 6.20 Å². The van der Waals surface area contributed by atoms with Crippen LogP contribution in [0.15, 0.2) is 36.5 Å². The number of benzene rings is 1. The Morgan fingerprint density at radius 2 is 2.00 bits per heavy atom. The van der Waals surface area contributed by atoms with E-state index in [0.29, 0.717) is 6.54 Å². The molecule has 0 fully saturated rings. The number of hydrogen-bond donors (Lipinski definition) is 1. The fourth-order valence-electron chi connectivity index (χ4n) is 1.78. The van der Waals surface area contributed by atoms with Crippen LogP contribution in [0.1, 0.15) is 33.3 Å². The van der Waals surface area contributed by atoms with Crippen LogP contribution in [0.25, 0.3) is 0 Å². The van der Waals surface area contributed by atoms with E-state index in [1.807, 2.05) is 30.3 Å². The SMILES string of the molecule is CCOC(=O)c1nn(Cc2ccccc2)cc1C(=O)O. The smallest absolute Gasteiger partial charge is 0.359 e. The summed E-state index contributed by atoms with van der Waals surface area (Å²) in [7, 11) is 0. The number of nitrogens with zero attached hydrogens (tertiary/aromatic N) is 2. The predicted molar refractivity (Wildman–Crippen MR) is 70.7 cm³/mol. The van der Waals surface area contributed by atoms with E-state index in [2.05, 4.69) is 5.10 Å². The molecule has 2 aromatic rings. The minimum Gasteiger partial charge on any atom is -0.478 e. The number of aromatic nitrogens is 2. The van der Waals surface area contributed by atoms with Gasteiger partial charge in [-0.05, 0) is 12.5 Å². The van der Waals surface area contributed by atoms with E-state index in [9.17, 15) is 9.59 Å². The van der Waals surface area contributed by atoms with Crippen molar-refractivity contribution in [3.8, 4) is 0 Å². The molecule has 1 heterocycles. The molecule has 0 saturated carbocycles. The van der Waals surface area contributed by atoms with E-state index in [1.165, 1.54) is 10.9 Å². The van der Waals surface area contributed by atoms with E-state index in [0.717, 1.165) is 5.56 Å². The van der Waals surface area contributed by atoms with Crippen LogP contribution in [0.5, 0.6) is 0 Å². The van der Waals surface area contributed by atoms with Gasteiger partial charge in [-0.3, -0.25) is 4.68 Å². The van der Waals surface area contributed by atoms with Crippen molar-refractivity contribution in [2.75, 3.05) is 6.61 Å². The Labute approximate surface area is 115 Å². The molecule has 0 spiro atoms. The Bertz CT molecular complexity index is 619. The molecule has 0 aliphatic rings. The van der Waals surface area contributed by atoms with Gasteiger partial charge in [-0.25, -0.2) is 9.59 Å². The Balaban J connectivity index is 2.29. The van der Waals surface area contributed by atoms with Crippen molar-refractivity contribution in [3.05, 3.63) is 53.3 Å². The molecule has 0 saturated heterocycles. The number of carbonyl (C=O) groups excluding carboxylic acids is 1. The Kier molecular flexibility index (Phi) is 4.14. The lowest BCUT2D eigenvalue weighted by molar-refractivity contribution is 0.0507. The molecule has 6 heteroatoms. The minimum atomic E-state index is -1.20. The highest BCUT2D eigenvalue weighted by Crippen LogP contribution is 2.11. The van der Waals surface area contributed by atoms with Crippen molar-refractivity contribution in [3.63, 3.8) is 0 Å². The van der Waals surface area contributed by atoms with Crippen LogP contribution >= 0.6 is 0 Å². The van der Waals surface area contributed by atoms with E-state index < -0.39 is 11.9 Å². The second kappa shape index (κ2) is 6.01. The van der Waals surface area contributed by atoms with Gasteiger partial charge in [0.05, 0.1) is 13.2 Å². The van der Waals surface area contributed by atoms with Crippen LogP contribution in [0.3, 0.4) is 0 Å². The quantitative estimate of drug-likeness (QED) is 0.841. The van der Waals surface area contributed by atoms with Gasteiger partial charge in [-0.2, -0.15) is 5.10 Å². The molecule has 0 aliphatic carbocycles. The molecule has 0 amide bonds. The van der Waals surface area contributed by atoms with Crippen molar-refractivity contribution >= 4 is 11.9 Å².